The Morgan fingerprint density at radius 1 is 0.222 bits per heavy atom. The topological polar surface area (TPSA) is 22.7 Å². The van der Waals surface area contributed by atoms with Gasteiger partial charge in [0.2, 0.25) is 0 Å². The lowest BCUT2D eigenvalue weighted by Gasteiger charge is -2.33. The van der Waals surface area contributed by atoms with Crippen LogP contribution in [-0.2, 0) is 0 Å². The van der Waals surface area contributed by atoms with Gasteiger partial charge in [-0.1, -0.05) is 48.5 Å². The van der Waals surface area contributed by atoms with Gasteiger partial charge in [0.1, 0.15) is 0 Å². The van der Waals surface area contributed by atoms with Crippen molar-refractivity contribution in [3.63, 3.8) is 0 Å². The van der Waals surface area contributed by atoms with E-state index in [4.69, 9.17) is 0 Å². The molecule has 0 spiro atoms. The number of piperidine rings is 2. The summed E-state index contributed by atoms with van der Waals surface area (Å²) < 4.78 is 0. The molecular formula is C47H101N7. The monoisotopic (exact) mass is 764 g/mol. The van der Waals surface area contributed by atoms with Crippen LogP contribution in [0, 0.1) is 41.4 Å². The van der Waals surface area contributed by atoms with E-state index in [1.54, 1.807) is 0 Å². The Kier molecular flexibility index (Phi) is 29.5. The second-order valence-electron chi connectivity index (χ2n) is 20.3. The van der Waals surface area contributed by atoms with E-state index in [0.29, 0.717) is 0 Å². The minimum absolute atomic E-state index is 0.949. The van der Waals surface area contributed by atoms with Gasteiger partial charge in [-0.15, -0.1) is 0 Å². The molecule has 7 aliphatic rings. The van der Waals surface area contributed by atoms with E-state index in [1.165, 1.54) is 169 Å². The van der Waals surface area contributed by atoms with Crippen LogP contribution in [0.5, 0.6) is 0 Å². The molecule has 7 saturated heterocycles. The lowest BCUT2D eigenvalue weighted by Crippen LogP contribution is -2.41. The third-order valence-electron chi connectivity index (χ3n) is 13.0. The van der Waals surface area contributed by atoms with Crippen LogP contribution in [0.1, 0.15) is 126 Å². The Morgan fingerprint density at radius 2 is 0.444 bits per heavy atom. The fraction of sp³-hybridized carbons (Fsp3) is 1.00. The first-order valence-electron chi connectivity index (χ1n) is 23.3. The van der Waals surface area contributed by atoms with Gasteiger partial charge in [-0.2, -0.15) is 0 Å². The molecule has 54 heavy (non-hydrogen) atoms. The minimum atomic E-state index is 0.949. The highest BCUT2D eigenvalue weighted by molar-refractivity contribution is 4.72. The molecular weight excluding hydrogens is 663 g/mol. The van der Waals surface area contributed by atoms with Gasteiger partial charge in [0, 0.05) is 26.2 Å². The number of hydrogen-bond donors (Lipinski definition) is 0. The van der Waals surface area contributed by atoms with Crippen molar-refractivity contribution in [1.82, 2.24) is 34.3 Å². The summed E-state index contributed by atoms with van der Waals surface area (Å²) in [4.78, 5) is 16.8. The number of likely N-dealkylation sites (tertiary alicyclic amines) is 7. The molecule has 0 saturated carbocycles. The maximum Gasteiger partial charge on any atom is 0.00163 e. The van der Waals surface area contributed by atoms with E-state index >= 15 is 0 Å². The molecule has 4 atom stereocenters. The van der Waals surface area contributed by atoms with Gasteiger partial charge in [-0.25, -0.2) is 0 Å². The first kappa shape index (κ1) is 51.7. The normalized spacial score (nSPS) is 30.3. The highest BCUT2D eigenvalue weighted by Gasteiger charge is 2.17. The zero-order valence-corrected chi connectivity index (χ0v) is 39.6. The fourth-order valence-electron chi connectivity index (χ4n) is 8.41. The maximum atomic E-state index is 2.43. The molecule has 7 rings (SSSR count). The lowest BCUT2D eigenvalue weighted by molar-refractivity contribution is 0.149. The molecule has 7 heterocycles. The predicted octanol–water partition coefficient (Wildman–Crippen LogP) is 8.66. The molecule has 0 aromatic carbocycles. The van der Waals surface area contributed by atoms with Crippen molar-refractivity contribution < 1.29 is 0 Å². The molecule has 0 radical (unpaired) electrons. The lowest BCUT2D eigenvalue weighted by atomic mass is 10.00. The minimum Gasteiger partial charge on any atom is -0.306 e. The van der Waals surface area contributed by atoms with Crippen LogP contribution >= 0.6 is 0 Å². The average Bonchev–Trinajstić information content (AvgIpc) is 3.56. The molecule has 324 valence electrons. The van der Waals surface area contributed by atoms with Crippen LogP contribution < -0.4 is 0 Å². The first-order valence-corrected chi connectivity index (χ1v) is 23.3. The molecule has 7 nitrogen and oxygen atoms in total. The summed E-state index contributed by atoms with van der Waals surface area (Å²) in [6.07, 6.45) is 16.9. The van der Waals surface area contributed by atoms with E-state index in [-0.39, 0.29) is 0 Å². The van der Waals surface area contributed by atoms with Crippen LogP contribution in [0.3, 0.4) is 0 Å². The van der Waals surface area contributed by atoms with Gasteiger partial charge in [0.25, 0.3) is 0 Å². The highest BCUT2D eigenvalue weighted by Crippen LogP contribution is 2.17. The average molecular weight is 764 g/mol. The van der Waals surface area contributed by atoms with E-state index < -0.39 is 0 Å². The van der Waals surface area contributed by atoms with Crippen molar-refractivity contribution in [2.75, 3.05) is 141 Å². The number of rotatable bonds is 0. The molecule has 0 aliphatic carbocycles. The van der Waals surface area contributed by atoms with Crippen LogP contribution in [0.25, 0.3) is 0 Å². The Morgan fingerprint density at radius 3 is 0.630 bits per heavy atom. The van der Waals surface area contributed by atoms with Gasteiger partial charge >= 0.3 is 0 Å². The SMILES string of the molecule is CC1CCCN(C)CC1.CC1CCCN(C)CC1.CC1CCN(C)C1.CC1CCN(C)C1.CC1CCN(C)CC1.CC1CCN(C)CC1.CC1CN(C)C1. The van der Waals surface area contributed by atoms with Gasteiger partial charge in [-0.3, -0.25) is 0 Å². The Hall–Kier alpha value is -0.280. The Labute approximate surface area is 341 Å². The Balaban J connectivity index is 0.000000316. The summed E-state index contributed by atoms with van der Waals surface area (Å²) in [6, 6.07) is 0. The van der Waals surface area contributed by atoms with Gasteiger partial charge in [-0.05, 0) is 233 Å². The largest absolute Gasteiger partial charge is 0.306 e. The molecule has 4 unspecified atom stereocenters. The fourth-order valence-corrected chi connectivity index (χ4v) is 8.41. The molecule has 0 aromatic rings. The molecule has 0 bridgehead atoms. The van der Waals surface area contributed by atoms with Crippen LogP contribution in [0.4, 0.5) is 0 Å². The van der Waals surface area contributed by atoms with E-state index in [2.05, 4.69) is 132 Å². The molecule has 7 aliphatic heterocycles. The standard InChI is InChI=1S/2C8H17N.2C7H15N.2C6H13N.C5H11N/c2*1-8-4-3-6-9(2)7-5-8;2*1-7-3-5-8(2)6-4-7;2*1-6-3-4-7(2)5-6;1-5-3-6(2)4-5/h2*8H,3-7H2,1-2H3;2*7H,3-6H2,1-2H3;2*6H,3-5H2,1-2H3;5H,3-4H2,1-2H3. The van der Waals surface area contributed by atoms with Crippen molar-refractivity contribution >= 4 is 0 Å². The van der Waals surface area contributed by atoms with E-state index in [9.17, 15) is 0 Å². The molecule has 0 amide bonds. The molecule has 0 N–H and O–H groups in total. The summed E-state index contributed by atoms with van der Waals surface area (Å²) in [5, 5.41) is 0. The van der Waals surface area contributed by atoms with E-state index in [1.807, 2.05) is 0 Å². The zero-order chi connectivity index (χ0) is 40.5. The zero-order valence-electron chi connectivity index (χ0n) is 39.6. The smallest absolute Gasteiger partial charge is 0.00163 e. The van der Waals surface area contributed by atoms with Crippen molar-refractivity contribution in [3.05, 3.63) is 0 Å². The van der Waals surface area contributed by atoms with Crippen molar-refractivity contribution in [2.45, 2.75) is 126 Å². The Bertz CT molecular complexity index is 714. The van der Waals surface area contributed by atoms with Crippen LogP contribution in [0.15, 0.2) is 0 Å². The van der Waals surface area contributed by atoms with Crippen molar-refractivity contribution in [3.8, 4) is 0 Å². The number of hydrogen-bond acceptors (Lipinski definition) is 7. The third kappa shape index (κ3) is 29.0. The van der Waals surface area contributed by atoms with Gasteiger partial charge in [0.05, 0.1) is 0 Å². The van der Waals surface area contributed by atoms with Gasteiger partial charge in [0.15, 0.2) is 0 Å². The van der Waals surface area contributed by atoms with Crippen LogP contribution in [-0.4, -0.2) is 175 Å². The van der Waals surface area contributed by atoms with Crippen molar-refractivity contribution in [2.24, 2.45) is 41.4 Å². The molecule has 0 aromatic heterocycles. The third-order valence-corrected chi connectivity index (χ3v) is 13.0. The maximum absolute atomic E-state index is 2.43. The molecule has 7 heteroatoms. The van der Waals surface area contributed by atoms with Gasteiger partial charge < -0.3 is 34.3 Å². The second-order valence-corrected chi connectivity index (χ2v) is 20.3. The predicted molar refractivity (Wildman–Crippen MR) is 242 cm³/mol. The van der Waals surface area contributed by atoms with Crippen molar-refractivity contribution in [1.29, 1.82) is 0 Å². The molecule has 7 fully saturated rings. The second kappa shape index (κ2) is 30.8. The summed E-state index contributed by atoms with van der Waals surface area (Å²) in [6.45, 7) is 34.6. The summed E-state index contributed by atoms with van der Waals surface area (Å²) in [7, 11) is 15.4. The quantitative estimate of drug-likeness (QED) is 0.244. The summed E-state index contributed by atoms with van der Waals surface area (Å²) in [5.41, 5.74) is 0. The first-order chi connectivity index (χ1) is 25.5. The summed E-state index contributed by atoms with van der Waals surface area (Å²) >= 11 is 0. The van der Waals surface area contributed by atoms with E-state index in [0.717, 1.165) is 41.4 Å². The highest BCUT2D eigenvalue weighted by atomic mass is 15.2. The summed E-state index contributed by atoms with van der Waals surface area (Å²) in [5.74, 6) is 6.76. The van der Waals surface area contributed by atoms with Crippen LogP contribution in [0.2, 0.25) is 0 Å². The number of nitrogens with zero attached hydrogens (tertiary/aromatic N) is 7.